The van der Waals surface area contributed by atoms with Crippen molar-refractivity contribution in [3.63, 3.8) is 0 Å². The maximum Gasteiger partial charge on any atom is 0.205 e. The number of hydrogen-bond acceptors (Lipinski definition) is 4. The largest absolute Gasteiger partial charge is 0.489 e. The molecule has 4 nitrogen and oxygen atoms in total. The number of para-hydroxylation sites is 1. The maximum absolute atomic E-state index is 9.94. The molecule has 0 aromatic heterocycles. The number of rotatable bonds is 4. The standard InChI is InChI=1S/C27H19ClN2O2/c28-23-11-5-2-8-18(23)16-31-24-12-6-4-10-20(24)25-21-14-13-17-7-1-3-9-19(17)26(21)32-27(30)22(25)15-29/h1-14,22,25,30H,16H2. The van der Waals surface area contributed by atoms with Gasteiger partial charge in [0.15, 0.2) is 0 Å². The fourth-order valence-electron chi connectivity index (χ4n) is 4.24. The molecular weight excluding hydrogens is 420 g/mol. The minimum atomic E-state index is -0.756. The summed E-state index contributed by atoms with van der Waals surface area (Å²) in [7, 11) is 0. The number of nitrogens with one attached hydrogen (secondary N) is 1. The van der Waals surface area contributed by atoms with Gasteiger partial charge in [-0.25, -0.2) is 0 Å². The summed E-state index contributed by atoms with van der Waals surface area (Å²) >= 11 is 6.30. The van der Waals surface area contributed by atoms with E-state index in [0.717, 1.165) is 27.5 Å². The van der Waals surface area contributed by atoms with Gasteiger partial charge in [-0.3, -0.25) is 5.41 Å². The van der Waals surface area contributed by atoms with Crippen LogP contribution in [0.5, 0.6) is 11.5 Å². The van der Waals surface area contributed by atoms with Gasteiger partial charge in [-0.2, -0.15) is 5.26 Å². The summed E-state index contributed by atoms with van der Waals surface area (Å²) in [5.41, 5.74) is 2.60. The lowest BCUT2D eigenvalue weighted by atomic mass is 9.78. The van der Waals surface area contributed by atoms with E-state index in [2.05, 4.69) is 6.07 Å². The normalized spacial score (nSPS) is 17.3. The zero-order valence-electron chi connectivity index (χ0n) is 17.1. The molecular formula is C27H19ClN2O2. The van der Waals surface area contributed by atoms with E-state index < -0.39 is 5.92 Å². The number of nitrogens with zero attached hydrogens (tertiary/aromatic N) is 1. The number of fused-ring (bicyclic) bond motifs is 3. The number of ether oxygens (including phenoxy) is 2. The van der Waals surface area contributed by atoms with Gasteiger partial charge in [0, 0.05) is 33.0 Å². The molecule has 4 aromatic carbocycles. The third kappa shape index (κ3) is 3.47. The van der Waals surface area contributed by atoms with E-state index in [4.69, 9.17) is 26.5 Å². The van der Waals surface area contributed by atoms with Gasteiger partial charge < -0.3 is 9.47 Å². The van der Waals surface area contributed by atoms with Crippen LogP contribution in [0, 0.1) is 22.7 Å². The minimum Gasteiger partial charge on any atom is -0.489 e. The second kappa shape index (κ2) is 8.37. The average Bonchev–Trinajstić information content (AvgIpc) is 2.83. The molecule has 1 aliphatic rings. The number of halogens is 1. The van der Waals surface area contributed by atoms with Crippen LogP contribution >= 0.6 is 11.6 Å². The first-order valence-corrected chi connectivity index (χ1v) is 10.7. The van der Waals surface area contributed by atoms with Gasteiger partial charge in [-0.05, 0) is 17.5 Å². The molecule has 0 aliphatic carbocycles. The van der Waals surface area contributed by atoms with E-state index in [1.165, 1.54) is 0 Å². The van der Waals surface area contributed by atoms with Gasteiger partial charge in [-0.1, -0.05) is 84.4 Å². The third-order valence-corrected chi connectivity index (χ3v) is 6.18. The Balaban J connectivity index is 1.61. The van der Waals surface area contributed by atoms with Gasteiger partial charge in [0.2, 0.25) is 5.90 Å². The molecule has 2 unspecified atom stereocenters. The van der Waals surface area contributed by atoms with Crippen molar-refractivity contribution < 1.29 is 9.47 Å². The highest BCUT2D eigenvalue weighted by Crippen LogP contribution is 2.47. The van der Waals surface area contributed by atoms with Crippen LogP contribution in [0.3, 0.4) is 0 Å². The molecule has 0 saturated carbocycles. The molecule has 0 spiro atoms. The van der Waals surface area contributed by atoms with E-state index in [1.807, 2.05) is 84.9 Å². The van der Waals surface area contributed by atoms with Crippen LogP contribution in [0.2, 0.25) is 5.02 Å². The van der Waals surface area contributed by atoms with Crippen molar-refractivity contribution in [2.75, 3.05) is 0 Å². The zero-order valence-corrected chi connectivity index (χ0v) is 17.8. The first-order chi connectivity index (χ1) is 15.7. The summed E-state index contributed by atoms with van der Waals surface area (Å²) in [6, 6.07) is 29.4. The van der Waals surface area contributed by atoms with Crippen molar-refractivity contribution in [2.45, 2.75) is 12.5 Å². The van der Waals surface area contributed by atoms with Crippen LogP contribution in [0.25, 0.3) is 10.8 Å². The van der Waals surface area contributed by atoms with E-state index in [1.54, 1.807) is 0 Å². The van der Waals surface area contributed by atoms with Crippen molar-refractivity contribution in [1.82, 2.24) is 0 Å². The number of benzene rings is 4. The Morgan fingerprint density at radius 2 is 1.66 bits per heavy atom. The monoisotopic (exact) mass is 438 g/mol. The zero-order chi connectivity index (χ0) is 22.1. The number of nitriles is 1. The summed E-state index contributed by atoms with van der Waals surface area (Å²) in [6.07, 6.45) is 0. The molecule has 1 aliphatic heterocycles. The molecule has 1 N–H and O–H groups in total. The Labute approximate surface area is 191 Å². The highest BCUT2D eigenvalue weighted by Gasteiger charge is 2.39. The van der Waals surface area contributed by atoms with E-state index in [0.29, 0.717) is 23.1 Å². The molecule has 32 heavy (non-hydrogen) atoms. The van der Waals surface area contributed by atoms with E-state index >= 15 is 0 Å². The average molecular weight is 439 g/mol. The van der Waals surface area contributed by atoms with E-state index in [-0.39, 0.29) is 11.8 Å². The fraction of sp³-hybridized carbons (Fsp3) is 0.111. The highest BCUT2D eigenvalue weighted by molar-refractivity contribution is 6.31. The van der Waals surface area contributed by atoms with Crippen LogP contribution in [-0.2, 0) is 6.61 Å². The molecule has 4 aromatic rings. The molecule has 156 valence electrons. The van der Waals surface area contributed by atoms with Gasteiger partial charge in [-0.15, -0.1) is 0 Å². The van der Waals surface area contributed by atoms with Crippen LogP contribution < -0.4 is 9.47 Å². The number of hydrogen-bond donors (Lipinski definition) is 1. The van der Waals surface area contributed by atoms with Gasteiger partial charge in [0.25, 0.3) is 0 Å². The summed E-state index contributed by atoms with van der Waals surface area (Å²) in [4.78, 5) is 0. The molecule has 0 fully saturated rings. The molecule has 1 heterocycles. The topological polar surface area (TPSA) is 66.1 Å². The Morgan fingerprint density at radius 3 is 2.50 bits per heavy atom. The van der Waals surface area contributed by atoms with Crippen LogP contribution in [0.4, 0.5) is 0 Å². The Morgan fingerprint density at radius 1 is 0.906 bits per heavy atom. The Hall–Kier alpha value is -3.81. The molecule has 0 saturated heterocycles. The lowest BCUT2D eigenvalue weighted by molar-refractivity contribution is 0.300. The predicted molar refractivity (Wildman–Crippen MR) is 125 cm³/mol. The summed E-state index contributed by atoms with van der Waals surface area (Å²) in [5.74, 6) is 0.0938. The van der Waals surface area contributed by atoms with Crippen molar-refractivity contribution in [1.29, 1.82) is 10.7 Å². The lowest BCUT2D eigenvalue weighted by Crippen LogP contribution is -2.31. The first kappa shape index (κ1) is 20.1. The first-order valence-electron chi connectivity index (χ1n) is 10.3. The molecule has 0 radical (unpaired) electrons. The van der Waals surface area contributed by atoms with E-state index in [9.17, 15) is 5.26 Å². The smallest absolute Gasteiger partial charge is 0.205 e. The van der Waals surface area contributed by atoms with Crippen LogP contribution in [-0.4, -0.2) is 5.90 Å². The molecule has 2 atom stereocenters. The van der Waals surface area contributed by atoms with Crippen molar-refractivity contribution in [3.05, 3.63) is 107 Å². The maximum atomic E-state index is 9.94. The quantitative estimate of drug-likeness (QED) is 0.385. The van der Waals surface area contributed by atoms with Crippen LogP contribution in [0.15, 0.2) is 84.9 Å². The summed E-state index contributed by atoms with van der Waals surface area (Å²) in [6.45, 7) is 0.305. The fourth-order valence-corrected chi connectivity index (χ4v) is 4.43. The van der Waals surface area contributed by atoms with Crippen molar-refractivity contribution in [2.24, 2.45) is 5.92 Å². The van der Waals surface area contributed by atoms with Gasteiger partial charge in [0.05, 0.1) is 6.07 Å². The second-order valence-corrected chi connectivity index (χ2v) is 8.08. The van der Waals surface area contributed by atoms with Crippen LogP contribution in [0.1, 0.15) is 22.6 Å². The molecule has 0 amide bonds. The summed E-state index contributed by atoms with van der Waals surface area (Å²) in [5, 5.41) is 21.0. The molecule has 5 rings (SSSR count). The molecule has 0 bridgehead atoms. The van der Waals surface area contributed by atoms with Crippen molar-refractivity contribution in [3.8, 4) is 17.6 Å². The predicted octanol–water partition coefficient (Wildman–Crippen LogP) is 6.71. The third-order valence-electron chi connectivity index (χ3n) is 5.81. The Kier molecular flexibility index (Phi) is 5.26. The van der Waals surface area contributed by atoms with Gasteiger partial charge in [0.1, 0.15) is 24.0 Å². The second-order valence-electron chi connectivity index (χ2n) is 7.67. The molecule has 5 heteroatoms. The SMILES string of the molecule is N#CC1C(=N)Oc2c(ccc3ccccc23)C1c1ccccc1OCc1ccccc1Cl. The highest BCUT2D eigenvalue weighted by atomic mass is 35.5. The Bertz CT molecular complexity index is 1380. The minimum absolute atomic E-state index is 0.0535. The van der Waals surface area contributed by atoms with Crippen molar-refractivity contribution >= 4 is 28.3 Å². The van der Waals surface area contributed by atoms with Gasteiger partial charge >= 0.3 is 0 Å². The lowest BCUT2D eigenvalue weighted by Gasteiger charge is -2.32. The summed E-state index contributed by atoms with van der Waals surface area (Å²) < 4.78 is 12.1.